The molecule has 0 saturated carbocycles. The zero-order valence-corrected chi connectivity index (χ0v) is 9.20. The average molecular weight is 222 g/mol. The van der Waals surface area contributed by atoms with E-state index in [0.29, 0.717) is 10.8 Å². The Labute approximate surface area is 93.5 Å². The van der Waals surface area contributed by atoms with E-state index in [0.717, 1.165) is 17.8 Å². The van der Waals surface area contributed by atoms with Crippen molar-refractivity contribution in [2.45, 2.75) is 13.5 Å². The van der Waals surface area contributed by atoms with Crippen LogP contribution in [-0.2, 0) is 6.54 Å². The van der Waals surface area contributed by atoms with Gasteiger partial charge in [-0.3, -0.25) is 0 Å². The van der Waals surface area contributed by atoms with Crippen molar-refractivity contribution >= 4 is 17.4 Å². The highest BCUT2D eigenvalue weighted by Gasteiger charge is 2.08. The van der Waals surface area contributed by atoms with E-state index in [1.807, 2.05) is 35.8 Å². The molecular weight excluding hydrogens is 210 g/mol. The summed E-state index contributed by atoms with van der Waals surface area (Å²) in [6, 6.07) is 7.53. The molecule has 2 rings (SSSR count). The second-order valence-corrected chi connectivity index (χ2v) is 3.71. The van der Waals surface area contributed by atoms with Gasteiger partial charge in [0.1, 0.15) is 11.5 Å². The van der Waals surface area contributed by atoms with E-state index < -0.39 is 0 Å². The molecule has 0 unspecified atom stereocenters. The van der Waals surface area contributed by atoms with Crippen LogP contribution in [0.25, 0.3) is 11.3 Å². The van der Waals surface area contributed by atoms with Crippen molar-refractivity contribution in [3.8, 4) is 11.3 Å². The summed E-state index contributed by atoms with van der Waals surface area (Å²) in [4.78, 5) is 4.28. The maximum atomic E-state index is 5.95. The van der Waals surface area contributed by atoms with Crippen molar-refractivity contribution in [1.29, 1.82) is 0 Å². The number of hydrogen-bond donors (Lipinski definition) is 1. The summed E-state index contributed by atoms with van der Waals surface area (Å²) >= 11 is 5.91. The Hall–Kier alpha value is -1.48. The second kappa shape index (κ2) is 3.95. The number of hydrogen-bond acceptors (Lipinski definition) is 2. The van der Waals surface area contributed by atoms with Gasteiger partial charge in [-0.25, -0.2) is 4.98 Å². The fraction of sp³-hybridized carbons (Fsp3) is 0.182. The molecule has 3 nitrogen and oxygen atoms in total. The van der Waals surface area contributed by atoms with Crippen molar-refractivity contribution < 1.29 is 0 Å². The highest BCUT2D eigenvalue weighted by Crippen LogP contribution is 2.26. The molecule has 15 heavy (non-hydrogen) atoms. The van der Waals surface area contributed by atoms with Crippen molar-refractivity contribution in [3.63, 3.8) is 0 Å². The van der Waals surface area contributed by atoms with Crippen molar-refractivity contribution in [3.05, 3.63) is 35.6 Å². The lowest BCUT2D eigenvalue weighted by molar-refractivity contribution is 0.771. The van der Waals surface area contributed by atoms with Gasteiger partial charge < -0.3 is 10.3 Å². The maximum Gasteiger partial charge on any atom is 0.131 e. The van der Waals surface area contributed by atoms with E-state index in [9.17, 15) is 0 Å². The van der Waals surface area contributed by atoms with Crippen LogP contribution in [0.4, 0.5) is 5.82 Å². The molecule has 1 heterocycles. The summed E-state index contributed by atoms with van der Waals surface area (Å²) < 4.78 is 1.90. The van der Waals surface area contributed by atoms with Crippen LogP contribution >= 0.6 is 11.6 Å². The van der Waals surface area contributed by atoms with Gasteiger partial charge in [0.05, 0.1) is 6.33 Å². The fourth-order valence-corrected chi connectivity index (χ4v) is 1.69. The first-order valence-electron chi connectivity index (χ1n) is 4.79. The van der Waals surface area contributed by atoms with Gasteiger partial charge in [-0.2, -0.15) is 0 Å². The molecule has 0 amide bonds. The molecule has 0 saturated heterocycles. The number of rotatable bonds is 2. The molecule has 0 spiro atoms. The van der Waals surface area contributed by atoms with Gasteiger partial charge in [-0.15, -0.1) is 0 Å². The minimum atomic E-state index is 0.680. The Morgan fingerprint density at radius 2 is 2.27 bits per heavy atom. The van der Waals surface area contributed by atoms with E-state index >= 15 is 0 Å². The van der Waals surface area contributed by atoms with E-state index in [4.69, 9.17) is 17.3 Å². The van der Waals surface area contributed by atoms with Crippen LogP contribution in [0.3, 0.4) is 0 Å². The lowest BCUT2D eigenvalue weighted by Gasteiger charge is -2.02. The Kier molecular flexibility index (Phi) is 2.64. The van der Waals surface area contributed by atoms with Gasteiger partial charge in [0.15, 0.2) is 0 Å². The lowest BCUT2D eigenvalue weighted by atomic mass is 10.1. The molecule has 0 bridgehead atoms. The molecule has 0 fully saturated rings. The van der Waals surface area contributed by atoms with E-state index in [-0.39, 0.29) is 0 Å². The third-order valence-electron chi connectivity index (χ3n) is 2.32. The van der Waals surface area contributed by atoms with E-state index in [1.165, 1.54) is 0 Å². The van der Waals surface area contributed by atoms with Gasteiger partial charge in [0.25, 0.3) is 0 Å². The molecule has 2 aromatic rings. The minimum Gasteiger partial charge on any atom is -0.383 e. The quantitative estimate of drug-likeness (QED) is 0.848. The summed E-state index contributed by atoms with van der Waals surface area (Å²) in [6.45, 7) is 2.85. The third-order valence-corrected chi connectivity index (χ3v) is 2.55. The van der Waals surface area contributed by atoms with Crippen molar-refractivity contribution in [2.75, 3.05) is 5.73 Å². The van der Waals surface area contributed by atoms with Crippen LogP contribution in [0, 0.1) is 0 Å². The van der Waals surface area contributed by atoms with Crippen LogP contribution < -0.4 is 5.73 Å². The largest absolute Gasteiger partial charge is 0.383 e. The Morgan fingerprint density at radius 1 is 1.47 bits per heavy atom. The molecule has 1 aromatic carbocycles. The summed E-state index contributed by atoms with van der Waals surface area (Å²) in [5.41, 5.74) is 7.70. The standard InChI is InChI=1S/C11H12ClN3/c1-2-15-7-14-10(11(15)13)8-4-3-5-9(12)6-8/h3-7H,2,13H2,1H3. The molecule has 78 valence electrons. The molecule has 0 aliphatic rings. The highest BCUT2D eigenvalue weighted by molar-refractivity contribution is 6.30. The summed E-state index contributed by atoms with van der Waals surface area (Å²) in [5, 5.41) is 0.693. The zero-order chi connectivity index (χ0) is 10.8. The smallest absolute Gasteiger partial charge is 0.131 e. The van der Waals surface area contributed by atoms with Gasteiger partial charge in [0.2, 0.25) is 0 Å². The topological polar surface area (TPSA) is 43.8 Å². The van der Waals surface area contributed by atoms with Crippen LogP contribution in [-0.4, -0.2) is 9.55 Å². The lowest BCUT2D eigenvalue weighted by Crippen LogP contribution is -1.99. The van der Waals surface area contributed by atoms with Crippen LogP contribution in [0.1, 0.15) is 6.92 Å². The molecule has 0 atom stereocenters. The van der Waals surface area contributed by atoms with Gasteiger partial charge in [-0.1, -0.05) is 23.7 Å². The fourth-order valence-electron chi connectivity index (χ4n) is 1.50. The molecule has 4 heteroatoms. The first kappa shape index (κ1) is 10.1. The van der Waals surface area contributed by atoms with Crippen LogP contribution in [0.15, 0.2) is 30.6 Å². The molecule has 2 N–H and O–H groups in total. The van der Waals surface area contributed by atoms with E-state index in [1.54, 1.807) is 6.33 Å². The highest BCUT2D eigenvalue weighted by atomic mass is 35.5. The second-order valence-electron chi connectivity index (χ2n) is 3.27. The minimum absolute atomic E-state index is 0.680. The Bertz CT molecular complexity index is 476. The first-order valence-corrected chi connectivity index (χ1v) is 5.16. The van der Waals surface area contributed by atoms with Crippen molar-refractivity contribution in [1.82, 2.24) is 9.55 Å². The number of aromatic nitrogens is 2. The number of anilines is 1. The predicted octanol–water partition coefficient (Wildman–Crippen LogP) is 2.81. The van der Waals surface area contributed by atoms with Gasteiger partial charge >= 0.3 is 0 Å². The molecular formula is C11H12ClN3. The number of nitrogen functional groups attached to an aromatic ring is 1. The molecule has 0 radical (unpaired) electrons. The Morgan fingerprint density at radius 3 is 2.87 bits per heavy atom. The normalized spacial score (nSPS) is 10.5. The number of nitrogens with zero attached hydrogens (tertiary/aromatic N) is 2. The SMILES string of the molecule is CCn1cnc(-c2cccc(Cl)c2)c1N. The number of aryl methyl sites for hydroxylation is 1. The molecule has 1 aromatic heterocycles. The number of imidazole rings is 1. The summed E-state index contributed by atoms with van der Waals surface area (Å²) in [7, 11) is 0. The number of nitrogens with two attached hydrogens (primary N) is 1. The number of benzene rings is 1. The Balaban J connectivity index is 2.49. The van der Waals surface area contributed by atoms with Crippen molar-refractivity contribution in [2.24, 2.45) is 0 Å². The predicted molar refractivity (Wildman–Crippen MR) is 62.8 cm³/mol. The van der Waals surface area contributed by atoms with Gasteiger partial charge in [0, 0.05) is 17.1 Å². The summed E-state index contributed by atoms with van der Waals surface area (Å²) in [6.07, 6.45) is 1.74. The monoisotopic (exact) mass is 221 g/mol. The van der Waals surface area contributed by atoms with Crippen LogP contribution in [0.5, 0.6) is 0 Å². The van der Waals surface area contributed by atoms with Crippen LogP contribution in [0.2, 0.25) is 5.02 Å². The van der Waals surface area contributed by atoms with Gasteiger partial charge in [-0.05, 0) is 19.1 Å². The number of halogens is 1. The molecule has 0 aliphatic carbocycles. The summed E-state index contributed by atoms with van der Waals surface area (Å²) in [5.74, 6) is 0.680. The maximum absolute atomic E-state index is 5.95. The third kappa shape index (κ3) is 1.83. The molecule has 0 aliphatic heterocycles. The van der Waals surface area contributed by atoms with E-state index in [2.05, 4.69) is 4.98 Å². The average Bonchev–Trinajstić information content (AvgIpc) is 2.59. The zero-order valence-electron chi connectivity index (χ0n) is 8.44. The first-order chi connectivity index (χ1) is 7.22.